The third kappa shape index (κ3) is 3.72. The van der Waals surface area contributed by atoms with Crippen molar-refractivity contribution in [1.29, 1.82) is 5.26 Å². The number of aromatic nitrogens is 3. The number of benzene rings is 1. The van der Waals surface area contributed by atoms with E-state index in [1.54, 1.807) is 28.4 Å². The molecular weight excluding hydrogens is 374 g/mol. The molecule has 1 unspecified atom stereocenters. The van der Waals surface area contributed by atoms with E-state index in [9.17, 15) is 10.1 Å². The number of hydrogen-bond acceptors (Lipinski definition) is 4. The van der Waals surface area contributed by atoms with Crippen LogP contribution in [0.25, 0.3) is 11.2 Å². The maximum absolute atomic E-state index is 13.1. The molecule has 156 valence electrons. The van der Waals surface area contributed by atoms with Crippen LogP contribution < -0.4 is 10.6 Å². The first-order valence-electron chi connectivity index (χ1n) is 10.8. The van der Waals surface area contributed by atoms with Gasteiger partial charge in [-0.15, -0.1) is 0 Å². The lowest BCUT2D eigenvalue weighted by molar-refractivity contribution is 0.347. The minimum absolute atomic E-state index is 0.103. The Morgan fingerprint density at radius 2 is 2.07 bits per heavy atom. The maximum Gasteiger partial charge on any atom is 0.330 e. The summed E-state index contributed by atoms with van der Waals surface area (Å²) in [6, 6.07) is 11.8. The molecule has 0 radical (unpaired) electrons. The fraction of sp³-hybridized carbons (Fsp3) is 0.458. The van der Waals surface area contributed by atoms with Gasteiger partial charge in [-0.2, -0.15) is 5.26 Å². The van der Waals surface area contributed by atoms with E-state index in [1.807, 2.05) is 24.3 Å². The van der Waals surface area contributed by atoms with Crippen LogP contribution in [-0.4, -0.2) is 27.2 Å². The highest BCUT2D eigenvalue weighted by molar-refractivity contribution is 5.87. The lowest BCUT2D eigenvalue weighted by Gasteiger charge is -2.35. The van der Waals surface area contributed by atoms with Crippen molar-refractivity contribution in [3.05, 3.63) is 58.1 Å². The summed E-state index contributed by atoms with van der Waals surface area (Å²) in [5, 5.41) is 9.48. The third-order valence-corrected chi connectivity index (χ3v) is 6.12. The Bertz CT molecular complexity index is 1150. The van der Waals surface area contributed by atoms with Crippen molar-refractivity contribution >= 4 is 16.9 Å². The van der Waals surface area contributed by atoms with Gasteiger partial charge in [-0.25, -0.2) is 9.78 Å². The van der Waals surface area contributed by atoms with E-state index in [-0.39, 0.29) is 5.69 Å². The number of fused-ring (bicyclic) bond motifs is 1. The van der Waals surface area contributed by atoms with Crippen molar-refractivity contribution in [2.45, 2.75) is 39.7 Å². The Morgan fingerprint density at radius 1 is 1.27 bits per heavy atom. The van der Waals surface area contributed by atoms with Gasteiger partial charge in [0.15, 0.2) is 5.65 Å². The first-order chi connectivity index (χ1) is 14.5. The normalized spacial score (nSPS) is 16.9. The molecule has 30 heavy (non-hydrogen) atoms. The van der Waals surface area contributed by atoms with Crippen molar-refractivity contribution in [3.63, 3.8) is 0 Å². The van der Waals surface area contributed by atoms with Crippen LogP contribution in [0.5, 0.6) is 0 Å². The molecule has 0 bridgehead atoms. The van der Waals surface area contributed by atoms with Gasteiger partial charge in [0, 0.05) is 26.3 Å². The molecule has 0 N–H and O–H groups in total. The lowest BCUT2D eigenvalue weighted by Crippen LogP contribution is -2.36. The van der Waals surface area contributed by atoms with E-state index in [2.05, 4.69) is 29.8 Å². The van der Waals surface area contributed by atoms with Gasteiger partial charge >= 0.3 is 5.69 Å². The van der Waals surface area contributed by atoms with Crippen LogP contribution in [-0.2, 0) is 13.6 Å². The molecule has 6 heteroatoms. The number of rotatable bonds is 5. The molecule has 0 amide bonds. The zero-order valence-electron chi connectivity index (χ0n) is 18.0. The minimum atomic E-state index is -0.103. The van der Waals surface area contributed by atoms with Gasteiger partial charge in [0.2, 0.25) is 0 Å². The summed E-state index contributed by atoms with van der Waals surface area (Å²) in [6.07, 6.45) is 5.45. The minimum Gasteiger partial charge on any atom is -0.369 e. The molecule has 1 aromatic carbocycles. The van der Waals surface area contributed by atoms with Crippen LogP contribution in [0.1, 0.15) is 44.2 Å². The summed E-state index contributed by atoms with van der Waals surface area (Å²) in [5.41, 5.74) is 3.97. The molecule has 3 aromatic rings. The van der Waals surface area contributed by atoms with Crippen LogP contribution >= 0.6 is 0 Å². The van der Waals surface area contributed by atoms with E-state index in [0.717, 1.165) is 36.3 Å². The van der Waals surface area contributed by atoms with E-state index >= 15 is 0 Å². The first-order valence-corrected chi connectivity index (χ1v) is 10.8. The van der Waals surface area contributed by atoms with Gasteiger partial charge in [-0.05, 0) is 48.8 Å². The van der Waals surface area contributed by atoms with Crippen molar-refractivity contribution in [2.75, 3.05) is 18.0 Å². The second kappa shape index (κ2) is 8.35. The van der Waals surface area contributed by atoms with Crippen molar-refractivity contribution in [3.8, 4) is 6.07 Å². The maximum atomic E-state index is 13.1. The molecule has 1 aliphatic heterocycles. The number of imidazole rings is 1. The highest BCUT2D eigenvalue weighted by Gasteiger charge is 2.25. The number of anilines is 1. The Hall–Kier alpha value is -3.07. The van der Waals surface area contributed by atoms with Crippen molar-refractivity contribution in [2.24, 2.45) is 18.9 Å². The zero-order valence-corrected chi connectivity index (χ0v) is 18.0. The highest BCUT2D eigenvalue weighted by Crippen LogP contribution is 2.31. The van der Waals surface area contributed by atoms with E-state index in [0.29, 0.717) is 29.6 Å². The Morgan fingerprint density at radius 3 is 2.83 bits per heavy atom. The van der Waals surface area contributed by atoms with Crippen molar-refractivity contribution < 1.29 is 0 Å². The van der Waals surface area contributed by atoms with E-state index in [1.165, 1.54) is 12.8 Å². The first kappa shape index (κ1) is 20.2. The van der Waals surface area contributed by atoms with Gasteiger partial charge in [-0.3, -0.25) is 9.13 Å². The summed E-state index contributed by atoms with van der Waals surface area (Å²) in [6.45, 7) is 6.93. The standard InChI is InChI=1S/C24H29N5O/c1-17(2)13-18-7-6-12-28(15-18)21-10-11-26-23-22(21)29(24(30)27(23)3)16-20-9-5-4-8-19(20)14-25/h4-5,8-11,17-18H,6-7,12-13,15-16H2,1-3H3. The Balaban J connectivity index is 1.80. The monoisotopic (exact) mass is 403 g/mol. The average Bonchev–Trinajstić information content (AvgIpc) is 2.99. The zero-order chi connectivity index (χ0) is 21.3. The van der Waals surface area contributed by atoms with Gasteiger partial charge in [0.25, 0.3) is 0 Å². The largest absolute Gasteiger partial charge is 0.369 e. The molecule has 0 aliphatic carbocycles. The van der Waals surface area contributed by atoms with Crippen molar-refractivity contribution in [1.82, 2.24) is 14.1 Å². The molecular formula is C24H29N5O. The van der Waals surface area contributed by atoms with E-state index in [4.69, 9.17) is 0 Å². The summed E-state index contributed by atoms with van der Waals surface area (Å²) < 4.78 is 3.39. The fourth-order valence-electron chi connectivity index (χ4n) is 4.79. The number of nitrogens with zero attached hydrogens (tertiary/aromatic N) is 5. The number of piperidine rings is 1. The predicted octanol–water partition coefficient (Wildman–Crippen LogP) is 3.92. The molecule has 0 spiro atoms. The molecule has 2 aromatic heterocycles. The fourth-order valence-corrected chi connectivity index (χ4v) is 4.79. The second-order valence-corrected chi connectivity index (χ2v) is 8.78. The smallest absolute Gasteiger partial charge is 0.330 e. The topological polar surface area (TPSA) is 66.8 Å². The predicted molar refractivity (Wildman–Crippen MR) is 120 cm³/mol. The van der Waals surface area contributed by atoms with Crippen LogP contribution in [0.15, 0.2) is 41.3 Å². The second-order valence-electron chi connectivity index (χ2n) is 8.78. The number of nitriles is 1. The molecule has 6 nitrogen and oxygen atoms in total. The molecule has 4 rings (SSSR count). The van der Waals surface area contributed by atoms with E-state index < -0.39 is 0 Å². The lowest BCUT2D eigenvalue weighted by atomic mass is 9.89. The average molecular weight is 404 g/mol. The molecule has 3 heterocycles. The van der Waals surface area contributed by atoms with Crippen LogP contribution in [0, 0.1) is 23.2 Å². The van der Waals surface area contributed by atoms with Gasteiger partial charge in [-0.1, -0.05) is 32.0 Å². The molecule has 0 saturated carbocycles. The number of pyridine rings is 1. The molecule has 1 saturated heterocycles. The van der Waals surface area contributed by atoms with Gasteiger partial charge in [0.1, 0.15) is 5.52 Å². The number of hydrogen-bond donors (Lipinski definition) is 0. The molecule has 1 fully saturated rings. The van der Waals surface area contributed by atoms with Gasteiger partial charge in [0.05, 0.1) is 23.9 Å². The Labute approximate surface area is 177 Å². The summed E-state index contributed by atoms with van der Waals surface area (Å²) in [4.78, 5) is 20.1. The Kier molecular flexibility index (Phi) is 5.63. The number of aryl methyl sites for hydroxylation is 1. The quantitative estimate of drug-likeness (QED) is 0.648. The highest BCUT2D eigenvalue weighted by atomic mass is 16.1. The molecule has 1 atom stereocenters. The molecule has 1 aliphatic rings. The third-order valence-electron chi connectivity index (χ3n) is 6.12. The van der Waals surface area contributed by atoms with Crippen LogP contribution in [0.4, 0.5) is 5.69 Å². The summed E-state index contributed by atoms with van der Waals surface area (Å²) >= 11 is 0. The van der Waals surface area contributed by atoms with Crippen LogP contribution in [0.2, 0.25) is 0 Å². The van der Waals surface area contributed by atoms with Gasteiger partial charge < -0.3 is 4.90 Å². The summed E-state index contributed by atoms with van der Waals surface area (Å²) in [5.74, 6) is 1.36. The SMILES string of the molecule is CC(C)CC1CCCN(c2ccnc3c2n(Cc2ccccc2C#N)c(=O)n3C)C1. The summed E-state index contributed by atoms with van der Waals surface area (Å²) in [7, 11) is 1.77. The van der Waals surface area contributed by atoms with Crippen LogP contribution in [0.3, 0.4) is 0 Å².